The summed E-state index contributed by atoms with van der Waals surface area (Å²) >= 11 is 0. The molecule has 1 N–H and O–H groups in total. The van der Waals surface area contributed by atoms with Crippen LogP contribution >= 0.6 is 0 Å². The zero-order valence-corrected chi connectivity index (χ0v) is 25.3. The molecule has 1 aromatic carbocycles. The molecule has 41 heavy (non-hydrogen) atoms. The second kappa shape index (κ2) is 14.0. The molecule has 11 nitrogen and oxygen atoms in total. The number of hydrogen-bond donors (Lipinski definition) is 1. The van der Waals surface area contributed by atoms with Crippen LogP contribution in [0.1, 0.15) is 50.5 Å². The molecule has 3 aliphatic heterocycles. The van der Waals surface area contributed by atoms with Gasteiger partial charge in [0.2, 0.25) is 18.4 Å². The van der Waals surface area contributed by atoms with Gasteiger partial charge in [-0.25, -0.2) is 0 Å². The van der Waals surface area contributed by atoms with E-state index in [0.29, 0.717) is 62.9 Å². The van der Waals surface area contributed by atoms with Gasteiger partial charge in [0.1, 0.15) is 0 Å². The molecule has 4 rings (SSSR count). The number of unbranched alkanes of at least 4 members (excludes halogenated alkanes) is 1. The molecule has 0 aromatic heterocycles. The molecule has 11 heteroatoms. The van der Waals surface area contributed by atoms with E-state index in [-0.39, 0.29) is 37.5 Å². The molecule has 3 heterocycles. The van der Waals surface area contributed by atoms with E-state index in [9.17, 15) is 14.7 Å². The van der Waals surface area contributed by atoms with Crippen molar-refractivity contribution < 1.29 is 42.9 Å². The van der Waals surface area contributed by atoms with Gasteiger partial charge in [-0.2, -0.15) is 0 Å². The predicted octanol–water partition coefficient (Wildman–Crippen LogP) is 2.77. The normalized spacial score (nSPS) is 22.8. The molecule has 3 aliphatic rings. The van der Waals surface area contributed by atoms with Gasteiger partial charge in [-0.1, -0.05) is 13.3 Å². The van der Waals surface area contributed by atoms with Crippen LogP contribution in [0.25, 0.3) is 0 Å². The van der Waals surface area contributed by atoms with Gasteiger partial charge in [0.15, 0.2) is 17.8 Å². The molecule has 0 aliphatic carbocycles. The van der Waals surface area contributed by atoms with Crippen molar-refractivity contribution in [3.63, 3.8) is 0 Å². The Morgan fingerprint density at radius 1 is 1.10 bits per heavy atom. The maximum absolute atomic E-state index is 13.8. The van der Waals surface area contributed by atoms with E-state index in [1.165, 1.54) is 0 Å². The molecule has 3 atom stereocenters. The summed E-state index contributed by atoms with van der Waals surface area (Å²) in [5, 5.41) is 10.5. The molecule has 0 saturated carbocycles. The highest BCUT2D eigenvalue weighted by Gasteiger charge is 2.48. The number of methoxy groups -OCH3 is 1. The smallest absolute Gasteiger partial charge is 0.308 e. The Labute approximate surface area is 243 Å². The van der Waals surface area contributed by atoms with Crippen LogP contribution in [0.2, 0.25) is 0 Å². The molecule has 2 fully saturated rings. The highest BCUT2D eigenvalue weighted by Crippen LogP contribution is 2.47. The van der Waals surface area contributed by atoms with Gasteiger partial charge >= 0.3 is 5.97 Å². The minimum absolute atomic E-state index is 0.0475. The Morgan fingerprint density at radius 3 is 2.49 bits per heavy atom. The van der Waals surface area contributed by atoms with E-state index < -0.39 is 11.9 Å². The van der Waals surface area contributed by atoms with E-state index in [1.807, 2.05) is 17.0 Å². The Balaban J connectivity index is 1.58. The third kappa shape index (κ3) is 8.03. The fraction of sp³-hybridized carbons (Fsp3) is 0.733. The first kappa shape index (κ1) is 31.3. The van der Waals surface area contributed by atoms with E-state index >= 15 is 0 Å². The molecule has 1 amide bonds. The number of aliphatic carboxylic acids is 1. The van der Waals surface area contributed by atoms with Gasteiger partial charge in [-0.3, -0.25) is 14.5 Å². The van der Waals surface area contributed by atoms with E-state index in [2.05, 4.69) is 33.0 Å². The monoisotopic (exact) mass is 578 g/mol. The van der Waals surface area contributed by atoms with Crippen LogP contribution in [0.15, 0.2) is 12.1 Å². The zero-order chi connectivity index (χ0) is 29.6. The number of ether oxygens (including phenoxy) is 5. The van der Waals surface area contributed by atoms with Crippen LogP contribution in [0.4, 0.5) is 0 Å². The number of carboxylic acid groups (broad SMARTS) is 1. The molecule has 0 bridgehead atoms. The van der Waals surface area contributed by atoms with Gasteiger partial charge in [0.05, 0.1) is 60.5 Å². The van der Waals surface area contributed by atoms with Crippen molar-refractivity contribution in [2.45, 2.75) is 57.3 Å². The molecule has 0 radical (unpaired) electrons. The van der Waals surface area contributed by atoms with Crippen molar-refractivity contribution in [2.24, 2.45) is 5.92 Å². The number of amides is 1. The zero-order valence-electron chi connectivity index (χ0n) is 25.3. The van der Waals surface area contributed by atoms with Crippen LogP contribution in [0.5, 0.6) is 17.2 Å². The first-order valence-corrected chi connectivity index (χ1v) is 14.9. The molecular formula is C30H48N3O8+. The Morgan fingerprint density at radius 2 is 1.83 bits per heavy atom. The molecule has 1 unspecified atom stereocenters. The average Bonchev–Trinajstić information content (AvgIpc) is 3.68. The lowest BCUT2D eigenvalue weighted by Gasteiger charge is -2.31. The average molecular weight is 579 g/mol. The van der Waals surface area contributed by atoms with Crippen molar-refractivity contribution in [3.05, 3.63) is 17.7 Å². The number of fused-ring (bicyclic) bond motifs is 1. The maximum Gasteiger partial charge on any atom is 0.308 e. The number of benzene rings is 1. The standard InChI is InChI=1S/C30H47N3O8/c1-6-7-11-31(12-8-13-33(2,3)4)26(34)19-32-18-22(21-16-24(37-5)29-25(17-21)40-20-41-29)28(30(35)36)23(32)9-10-27-38-14-15-39-27/h16-17,22-23,27-28H,6-15,18-20H2,1-5H3/p+1/t22-,23+,28?/m1/s1. The molecule has 0 spiro atoms. The largest absolute Gasteiger partial charge is 0.493 e. The first-order chi connectivity index (χ1) is 19.6. The van der Waals surface area contributed by atoms with Gasteiger partial charge in [-0.05, 0) is 37.0 Å². The summed E-state index contributed by atoms with van der Waals surface area (Å²) in [6, 6.07) is 3.35. The number of likely N-dealkylation sites (tertiary alicyclic amines) is 1. The quantitative estimate of drug-likeness (QED) is 0.315. The molecule has 1 aromatic rings. The highest BCUT2D eigenvalue weighted by atomic mass is 16.7. The lowest BCUT2D eigenvalue weighted by atomic mass is 9.83. The minimum Gasteiger partial charge on any atom is -0.493 e. The Kier molecular flexibility index (Phi) is 10.7. The molecule has 230 valence electrons. The topological polar surface area (TPSA) is 107 Å². The fourth-order valence-electron chi connectivity index (χ4n) is 6.15. The van der Waals surface area contributed by atoms with Crippen LogP contribution in [-0.4, -0.2) is 125 Å². The van der Waals surface area contributed by atoms with Gasteiger partial charge < -0.3 is 38.2 Å². The summed E-state index contributed by atoms with van der Waals surface area (Å²) < 4.78 is 28.9. The second-order valence-corrected chi connectivity index (χ2v) is 12.3. The number of rotatable bonds is 15. The molecule has 2 saturated heterocycles. The lowest BCUT2D eigenvalue weighted by molar-refractivity contribution is -0.870. The number of carboxylic acids is 1. The number of hydrogen-bond acceptors (Lipinski definition) is 8. The van der Waals surface area contributed by atoms with Crippen molar-refractivity contribution in [1.29, 1.82) is 0 Å². The number of nitrogens with zero attached hydrogens (tertiary/aromatic N) is 3. The van der Waals surface area contributed by atoms with Crippen LogP contribution in [0, 0.1) is 5.92 Å². The Hall–Kier alpha value is -2.60. The number of carbonyl (C=O) groups excluding carboxylic acids is 1. The SMILES string of the molecule is CCCCN(CCC[N+](C)(C)C)C(=O)CN1C[C@H](c2cc(OC)c3c(c2)OCO3)C(C(=O)O)[C@@H]1CCC1OCCO1. The third-order valence-corrected chi connectivity index (χ3v) is 8.26. The van der Waals surface area contributed by atoms with Gasteiger partial charge in [0, 0.05) is 38.0 Å². The maximum atomic E-state index is 13.8. The molecular weight excluding hydrogens is 530 g/mol. The number of carbonyl (C=O) groups is 2. The lowest BCUT2D eigenvalue weighted by Crippen LogP contribution is -2.45. The van der Waals surface area contributed by atoms with Crippen molar-refractivity contribution in [3.8, 4) is 17.2 Å². The number of quaternary nitrogens is 1. The minimum atomic E-state index is -0.884. The third-order valence-electron chi connectivity index (χ3n) is 8.26. The summed E-state index contributed by atoms with van der Waals surface area (Å²) in [6.07, 6.45) is 3.62. The highest BCUT2D eigenvalue weighted by molar-refractivity contribution is 5.79. The predicted molar refractivity (Wildman–Crippen MR) is 152 cm³/mol. The van der Waals surface area contributed by atoms with Crippen LogP contribution < -0.4 is 14.2 Å². The summed E-state index contributed by atoms with van der Waals surface area (Å²) in [7, 11) is 8.02. The van der Waals surface area contributed by atoms with E-state index in [4.69, 9.17) is 23.7 Å². The van der Waals surface area contributed by atoms with Gasteiger partial charge in [0.25, 0.3) is 0 Å². The van der Waals surface area contributed by atoms with Crippen molar-refractivity contribution >= 4 is 11.9 Å². The Bertz CT molecular complexity index is 1040. The van der Waals surface area contributed by atoms with Crippen molar-refractivity contribution in [1.82, 2.24) is 9.80 Å². The van der Waals surface area contributed by atoms with Crippen LogP contribution in [0.3, 0.4) is 0 Å². The summed E-state index contributed by atoms with van der Waals surface area (Å²) in [4.78, 5) is 30.6. The van der Waals surface area contributed by atoms with E-state index in [0.717, 1.165) is 35.9 Å². The van der Waals surface area contributed by atoms with E-state index in [1.54, 1.807) is 7.11 Å². The fourth-order valence-corrected chi connectivity index (χ4v) is 6.15. The first-order valence-electron chi connectivity index (χ1n) is 14.9. The summed E-state index contributed by atoms with van der Waals surface area (Å²) in [5.41, 5.74) is 0.803. The summed E-state index contributed by atoms with van der Waals surface area (Å²) in [5.74, 6) is -0.332. The second-order valence-electron chi connectivity index (χ2n) is 12.3. The summed E-state index contributed by atoms with van der Waals surface area (Å²) in [6.45, 7) is 6.28. The van der Waals surface area contributed by atoms with Gasteiger partial charge in [-0.15, -0.1) is 0 Å². The van der Waals surface area contributed by atoms with Crippen molar-refractivity contribution in [2.75, 3.05) is 81.0 Å². The van der Waals surface area contributed by atoms with Crippen LogP contribution in [-0.2, 0) is 19.1 Å².